The molecule has 9 nitrogen and oxygen atoms in total. The van der Waals surface area contributed by atoms with Gasteiger partial charge in [0.1, 0.15) is 11.5 Å². The number of halogens is 1. The Labute approximate surface area is 257 Å². The van der Waals surface area contributed by atoms with Crippen LogP contribution in [-0.2, 0) is 4.79 Å². The molecular weight excluding hydrogens is 586 g/mol. The number of aromatic nitrogens is 1. The number of rotatable bonds is 11. The number of nitrogens with zero attached hydrogens (tertiary/aromatic N) is 2. The predicted molar refractivity (Wildman–Crippen MR) is 171 cm³/mol. The van der Waals surface area contributed by atoms with Gasteiger partial charge in [-0.3, -0.25) is 9.59 Å². The highest BCUT2D eigenvalue weighted by atomic mass is 35.5. The number of benzene rings is 4. The topological polar surface area (TPSA) is 114 Å². The van der Waals surface area contributed by atoms with E-state index < -0.39 is 0 Å². The Morgan fingerprint density at radius 1 is 0.953 bits per heavy atom. The van der Waals surface area contributed by atoms with Crippen molar-refractivity contribution >= 4 is 57.5 Å². The Kier molecular flexibility index (Phi) is 9.63. The lowest BCUT2D eigenvalue weighted by atomic mass is 10.1. The van der Waals surface area contributed by atoms with Gasteiger partial charge in [-0.15, -0.1) is 11.3 Å². The number of para-hydroxylation sites is 2. The first-order valence-electron chi connectivity index (χ1n) is 13.0. The number of nitrogens with one attached hydrogen (secondary N) is 3. The maximum Gasteiger partial charge on any atom is 0.271 e. The zero-order valence-corrected chi connectivity index (χ0v) is 24.5. The van der Waals surface area contributed by atoms with Gasteiger partial charge >= 0.3 is 0 Å². The summed E-state index contributed by atoms with van der Waals surface area (Å²) in [5.74, 6) is 0.433. The number of anilines is 3. The van der Waals surface area contributed by atoms with Crippen molar-refractivity contribution in [3.63, 3.8) is 0 Å². The third-order valence-corrected chi connectivity index (χ3v) is 7.06. The highest BCUT2D eigenvalue weighted by Crippen LogP contribution is 2.28. The number of hydrogen-bond donors (Lipinski definition) is 3. The van der Waals surface area contributed by atoms with Crippen molar-refractivity contribution in [3.8, 4) is 22.8 Å². The number of hydrogen-bond acceptors (Lipinski definition) is 8. The van der Waals surface area contributed by atoms with Crippen molar-refractivity contribution in [3.05, 3.63) is 119 Å². The summed E-state index contributed by atoms with van der Waals surface area (Å²) in [6, 6.07) is 28.6. The second kappa shape index (κ2) is 14.1. The second-order valence-corrected chi connectivity index (χ2v) is 10.3. The predicted octanol–water partition coefficient (Wildman–Crippen LogP) is 7.00. The molecule has 11 heteroatoms. The van der Waals surface area contributed by atoms with Crippen LogP contribution in [0.25, 0.3) is 11.3 Å². The summed E-state index contributed by atoms with van der Waals surface area (Å²) in [6.07, 6.45) is 1.52. The lowest BCUT2D eigenvalue weighted by Gasteiger charge is -2.10. The number of amides is 2. The summed E-state index contributed by atoms with van der Waals surface area (Å²) >= 11 is 7.43. The molecule has 0 aliphatic heterocycles. The van der Waals surface area contributed by atoms with E-state index in [9.17, 15) is 9.59 Å². The first-order chi connectivity index (χ1) is 21.0. The van der Waals surface area contributed by atoms with Gasteiger partial charge in [0.15, 0.2) is 11.7 Å². The van der Waals surface area contributed by atoms with Gasteiger partial charge in [-0.25, -0.2) is 10.4 Å². The van der Waals surface area contributed by atoms with Gasteiger partial charge in [0.2, 0.25) is 0 Å². The van der Waals surface area contributed by atoms with Crippen LogP contribution in [-0.4, -0.2) is 36.7 Å². The molecule has 0 fully saturated rings. The lowest BCUT2D eigenvalue weighted by Crippen LogP contribution is -2.20. The maximum absolute atomic E-state index is 12.6. The molecule has 3 N–H and O–H groups in total. The van der Waals surface area contributed by atoms with Gasteiger partial charge in [-0.1, -0.05) is 35.9 Å². The molecule has 0 unspecified atom stereocenters. The average molecular weight is 612 g/mol. The molecule has 5 rings (SSSR count). The largest absolute Gasteiger partial charge is 0.495 e. The van der Waals surface area contributed by atoms with Crippen molar-refractivity contribution in [2.24, 2.45) is 5.10 Å². The molecule has 0 saturated heterocycles. The highest BCUT2D eigenvalue weighted by Gasteiger charge is 2.09. The van der Waals surface area contributed by atoms with Crippen LogP contribution < -0.4 is 25.5 Å². The zero-order chi connectivity index (χ0) is 30.0. The maximum atomic E-state index is 12.6. The third kappa shape index (κ3) is 8.19. The van der Waals surface area contributed by atoms with E-state index >= 15 is 0 Å². The highest BCUT2D eigenvalue weighted by molar-refractivity contribution is 7.14. The summed E-state index contributed by atoms with van der Waals surface area (Å²) in [7, 11) is 1.54. The van der Waals surface area contributed by atoms with E-state index in [1.54, 1.807) is 54.6 Å². The molecular formula is C32H26ClN5O4S. The van der Waals surface area contributed by atoms with Gasteiger partial charge in [-0.05, 0) is 78.4 Å². The summed E-state index contributed by atoms with van der Waals surface area (Å²) in [5.41, 5.74) is 6.90. The van der Waals surface area contributed by atoms with Gasteiger partial charge in [0, 0.05) is 27.2 Å². The standard InChI is InChI=1S/C32H26ClN5O4S/c1-41-29-5-3-2-4-27(29)36-30(39)19-42-26-16-6-21(7-17-26)18-34-38-31(40)23-10-8-22(9-11-23)28-20-43-32(37-28)35-25-14-12-24(33)13-15-25/h2-18,20H,19H2,1H3,(H,35,37)(H,36,39)(H,38,40)/b34-18-. The molecule has 0 radical (unpaired) electrons. The summed E-state index contributed by atoms with van der Waals surface area (Å²) < 4.78 is 10.8. The molecule has 0 atom stereocenters. The Hall–Kier alpha value is -5.19. The molecule has 0 aliphatic carbocycles. The SMILES string of the molecule is COc1ccccc1NC(=O)COc1ccc(/C=N\NC(=O)c2ccc(-c3csc(Nc4ccc(Cl)cc4)n3)cc2)cc1. The fourth-order valence-corrected chi connectivity index (χ4v) is 4.74. The molecule has 4 aromatic carbocycles. The minimum absolute atomic E-state index is 0.162. The molecule has 5 aromatic rings. The average Bonchev–Trinajstić information content (AvgIpc) is 3.50. The minimum atomic E-state index is -0.341. The molecule has 216 valence electrons. The molecule has 0 saturated carbocycles. The van der Waals surface area contributed by atoms with Crippen LogP contribution in [0.2, 0.25) is 5.02 Å². The van der Waals surface area contributed by atoms with Crippen LogP contribution in [0.3, 0.4) is 0 Å². The monoisotopic (exact) mass is 611 g/mol. The van der Waals surface area contributed by atoms with Crippen LogP contribution in [0.5, 0.6) is 11.5 Å². The van der Waals surface area contributed by atoms with Crippen LogP contribution in [0.4, 0.5) is 16.5 Å². The zero-order valence-electron chi connectivity index (χ0n) is 22.9. The van der Waals surface area contributed by atoms with Gasteiger partial charge < -0.3 is 20.1 Å². The minimum Gasteiger partial charge on any atom is -0.495 e. The van der Waals surface area contributed by atoms with E-state index in [-0.39, 0.29) is 18.4 Å². The molecule has 1 heterocycles. The quantitative estimate of drug-likeness (QED) is 0.109. The molecule has 0 spiro atoms. The van der Waals surface area contributed by atoms with Gasteiger partial charge in [-0.2, -0.15) is 5.10 Å². The van der Waals surface area contributed by atoms with Crippen molar-refractivity contribution in [1.29, 1.82) is 0 Å². The van der Waals surface area contributed by atoms with Crippen LogP contribution in [0.1, 0.15) is 15.9 Å². The first-order valence-corrected chi connectivity index (χ1v) is 14.3. The number of carbonyl (C=O) groups excluding carboxylic acids is 2. The van der Waals surface area contributed by atoms with Gasteiger partial charge in [0.25, 0.3) is 11.8 Å². The third-order valence-electron chi connectivity index (χ3n) is 6.05. The second-order valence-electron chi connectivity index (χ2n) is 9.05. The number of carbonyl (C=O) groups is 2. The van der Waals surface area contributed by atoms with E-state index in [0.717, 1.165) is 27.6 Å². The lowest BCUT2D eigenvalue weighted by molar-refractivity contribution is -0.118. The van der Waals surface area contributed by atoms with Crippen molar-refractivity contribution < 1.29 is 19.1 Å². The van der Waals surface area contributed by atoms with Crippen LogP contribution in [0, 0.1) is 0 Å². The smallest absolute Gasteiger partial charge is 0.271 e. The van der Waals surface area contributed by atoms with Crippen molar-refractivity contribution in [1.82, 2.24) is 10.4 Å². The van der Waals surface area contributed by atoms with E-state index in [1.807, 2.05) is 47.8 Å². The summed E-state index contributed by atoms with van der Waals surface area (Å²) in [4.78, 5) is 29.4. The van der Waals surface area contributed by atoms with Crippen molar-refractivity contribution in [2.75, 3.05) is 24.4 Å². The number of ether oxygens (including phenoxy) is 2. The van der Waals surface area contributed by atoms with Gasteiger partial charge in [0.05, 0.1) is 24.7 Å². The summed E-state index contributed by atoms with van der Waals surface area (Å²) in [5, 5.41) is 13.4. The number of thiazole rings is 1. The Morgan fingerprint density at radius 3 is 2.44 bits per heavy atom. The number of hydrazone groups is 1. The molecule has 1 aromatic heterocycles. The molecule has 0 bridgehead atoms. The Balaban J connectivity index is 1.08. The molecule has 43 heavy (non-hydrogen) atoms. The van der Waals surface area contributed by atoms with Crippen molar-refractivity contribution in [2.45, 2.75) is 0 Å². The fourth-order valence-electron chi connectivity index (χ4n) is 3.88. The van der Waals surface area contributed by atoms with E-state index in [4.69, 9.17) is 21.1 Å². The summed E-state index contributed by atoms with van der Waals surface area (Å²) in [6.45, 7) is -0.162. The van der Waals surface area contributed by atoms with Crippen LogP contribution in [0.15, 0.2) is 108 Å². The van der Waals surface area contributed by atoms with E-state index in [1.165, 1.54) is 24.7 Å². The Bertz CT molecular complexity index is 1720. The number of methoxy groups -OCH3 is 1. The first kappa shape index (κ1) is 29.3. The van der Waals surface area contributed by atoms with E-state index in [0.29, 0.717) is 27.8 Å². The van der Waals surface area contributed by atoms with Crippen LogP contribution >= 0.6 is 22.9 Å². The normalized spacial score (nSPS) is 10.7. The van der Waals surface area contributed by atoms with E-state index in [2.05, 4.69) is 26.1 Å². The molecule has 0 aliphatic rings. The molecule has 2 amide bonds. The fraction of sp³-hybridized carbons (Fsp3) is 0.0625. The Morgan fingerprint density at radius 2 is 1.70 bits per heavy atom.